The highest BCUT2D eigenvalue weighted by Crippen LogP contribution is 2.27. The van der Waals surface area contributed by atoms with Crippen molar-refractivity contribution in [2.45, 2.75) is 37.9 Å². The predicted octanol–water partition coefficient (Wildman–Crippen LogP) is 0.214. The van der Waals surface area contributed by atoms with E-state index in [9.17, 15) is 10.2 Å². The van der Waals surface area contributed by atoms with Crippen molar-refractivity contribution in [3.63, 3.8) is 0 Å². The monoisotopic (exact) mass is 185 g/mol. The third kappa shape index (κ3) is 2.22. The molecule has 2 aliphatic rings. The van der Waals surface area contributed by atoms with Crippen LogP contribution >= 0.6 is 0 Å². The van der Waals surface area contributed by atoms with E-state index in [1.165, 1.54) is 6.42 Å². The van der Waals surface area contributed by atoms with Crippen LogP contribution in [-0.4, -0.2) is 47.0 Å². The van der Waals surface area contributed by atoms with E-state index in [-0.39, 0.29) is 12.2 Å². The van der Waals surface area contributed by atoms with Gasteiger partial charge in [0.25, 0.3) is 0 Å². The molecule has 0 spiro atoms. The molecule has 1 heterocycles. The summed E-state index contributed by atoms with van der Waals surface area (Å²) in [6.45, 7) is 2.80. The Morgan fingerprint density at radius 3 is 2.54 bits per heavy atom. The first kappa shape index (κ1) is 9.44. The van der Waals surface area contributed by atoms with Crippen LogP contribution in [-0.2, 0) is 0 Å². The summed E-state index contributed by atoms with van der Waals surface area (Å²) in [5.74, 6) is 0.463. The Hall–Kier alpha value is -0.120. The molecular formula is C10H19NO2. The first-order chi connectivity index (χ1) is 6.25. The van der Waals surface area contributed by atoms with Gasteiger partial charge in [0, 0.05) is 19.6 Å². The van der Waals surface area contributed by atoms with Gasteiger partial charge in [-0.25, -0.2) is 0 Å². The van der Waals surface area contributed by atoms with Crippen molar-refractivity contribution in [1.29, 1.82) is 0 Å². The van der Waals surface area contributed by atoms with Crippen LogP contribution < -0.4 is 0 Å². The van der Waals surface area contributed by atoms with E-state index in [4.69, 9.17) is 0 Å². The molecule has 0 aromatic heterocycles. The Balaban J connectivity index is 1.77. The summed E-state index contributed by atoms with van der Waals surface area (Å²) in [6.07, 6.45) is 4.00. The fraction of sp³-hybridized carbons (Fsp3) is 1.00. The van der Waals surface area contributed by atoms with Crippen molar-refractivity contribution < 1.29 is 10.2 Å². The average molecular weight is 185 g/mol. The standard InChI is InChI=1S/C10H19NO2/c12-9-4-5-11(7-9)6-8-2-1-3-10(8)13/h8-10,12-13H,1-7H2. The maximum atomic E-state index is 9.63. The summed E-state index contributed by atoms with van der Waals surface area (Å²) >= 11 is 0. The Morgan fingerprint density at radius 2 is 2.00 bits per heavy atom. The number of rotatable bonds is 2. The number of β-amino-alcohol motifs (C(OH)–C–C–N with tert-alkyl or cyclic N) is 1. The highest BCUT2D eigenvalue weighted by atomic mass is 16.3. The maximum absolute atomic E-state index is 9.63. The molecule has 0 aromatic rings. The maximum Gasteiger partial charge on any atom is 0.0679 e. The van der Waals surface area contributed by atoms with Gasteiger partial charge in [-0.3, -0.25) is 0 Å². The molecule has 13 heavy (non-hydrogen) atoms. The third-order valence-electron chi connectivity index (χ3n) is 3.36. The molecule has 3 atom stereocenters. The summed E-state index contributed by atoms with van der Waals surface area (Å²) in [6, 6.07) is 0. The van der Waals surface area contributed by atoms with Crippen LogP contribution in [0.5, 0.6) is 0 Å². The van der Waals surface area contributed by atoms with Crippen LogP contribution in [0.4, 0.5) is 0 Å². The van der Waals surface area contributed by atoms with E-state index in [1.807, 2.05) is 0 Å². The Bertz CT molecular complexity index is 174. The second-order valence-corrected chi connectivity index (χ2v) is 4.46. The van der Waals surface area contributed by atoms with Gasteiger partial charge in [-0.15, -0.1) is 0 Å². The molecule has 76 valence electrons. The van der Waals surface area contributed by atoms with Gasteiger partial charge in [0.1, 0.15) is 0 Å². The first-order valence-corrected chi connectivity index (χ1v) is 5.34. The van der Waals surface area contributed by atoms with E-state index in [0.717, 1.165) is 38.9 Å². The number of nitrogens with zero attached hydrogens (tertiary/aromatic N) is 1. The zero-order chi connectivity index (χ0) is 9.26. The molecule has 2 fully saturated rings. The van der Waals surface area contributed by atoms with Gasteiger partial charge in [-0.2, -0.15) is 0 Å². The lowest BCUT2D eigenvalue weighted by atomic mass is 10.1. The van der Waals surface area contributed by atoms with Gasteiger partial charge in [0.2, 0.25) is 0 Å². The van der Waals surface area contributed by atoms with Crippen LogP contribution in [0.1, 0.15) is 25.7 Å². The molecule has 0 aromatic carbocycles. The van der Waals surface area contributed by atoms with Gasteiger partial charge in [-0.05, 0) is 25.2 Å². The summed E-state index contributed by atoms with van der Waals surface area (Å²) < 4.78 is 0. The molecule has 1 aliphatic heterocycles. The highest BCUT2D eigenvalue weighted by molar-refractivity contribution is 4.82. The van der Waals surface area contributed by atoms with E-state index < -0.39 is 0 Å². The highest BCUT2D eigenvalue weighted by Gasteiger charge is 2.29. The van der Waals surface area contributed by atoms with Crippen molar-refractivity contribution >= 4 is 0 Å². The molecule has 3 heteroatoms. The van der Waals surface area contributed by atoms with E-state index in [2.05, 4.69) is 4.90 Å². The van der Waals surface area contributed by atoms with Crippen LogP contribution in [0.2, 0.25) is 0 Å². The number of hydrogen-bond donors (Lipinski definition) is 2. The van der Waals surface area contributed by atoms with Gasteiger partial charge in [-0.1, -0.05) is 6.42 Å². The Kier molecular flexibility index (Phi) is 2.86. The van der Waals surface area contributed by atoms with Gasteiger partial charge >= 0.3 is 0 Å². The largest absolute Gasteiger partial charge is 0.393 e. The average Bonchev–Trinajstić information content (AvgIpc) is 2.64. The van der Waals surface area contributed by atoms with Crippen LogP contribution in [0.25, 0.3) is 0 Å². The summed E-state index contributed by atoms with van der Waals surface area (Å²) in [5, 5.41) is 19.0. The topological polar surface area (TPSA) is 43.7 Å². The number of hydrogen-bond acceptors (Lipinski definition) is 3. The fourth-order valence-electron chi connectivity index (χ4n) is 2.54. The molecule has 0 bridgehead atoms. The SMILES string of the molecule is OC1CCN(CC2CCCC2O)C1. The zero-order valence-electron chi connectivity index (χ0n) is 8.02. The minimum absolute atomic E-state index is 0.0854. The molecule has 3 nitrogen and oxygen atoms in total. The molecule has 1 saturated heterocycles. The molecule has 1 saturated carbocycles. The fourth-order valence-corrected chi connectivity index (χ4v) is 2.54. The van der Waals surface area contributed by atoms with Crippen molar-refractivity contribution in [2.75, 3.05) is 19.6 Å². The Labute approximate surface area is 79.4 Å². The smallest absolute Gasteiger partial charge is 0.0679 e. The minimum atomic E-state index is -0.126. The van der Waals surface area contributed by atoms with Crippen LogP contribution in [0.3, 0.4) is 0 Å². The molecular weight excluding hydrogens is 166 g/mol. The number of likely N-dealkylation sites (tertiary alicyclic amines) is 1. The minimum Gasteiger partial charge on any atom is -0.393 e. The van der Waals surface area contributed by atoms with Crippen LogP contribution in [0, 0.1) is 5.92 Å². The molecule has 2 N–H and O–H groups in total. The molecule has 2 rings (SSSR count). The Morgan fingerprint density at radius 1 is 1.15 bits per heavy atom. The van der Waals surface area contributed by atoms with Crippen molar-refractivity contribution in [3.05, 3.63) is 0 Å². The molecule has 0 amide bonds. The quantitative estimate of drug-likeness (QED) is 0.646. The summed E-state index contributed by atoms with van der Waals surface area (Å²) in [7, 11) is 0. The predicted molar refractivity (Wildman–Crippen MR) is 50.4 cm³/mol. The number of aliphatic hydroxyl groups excluding tert-OH is 2. The van der Waals surface area contributed by atoms with E-state index in [1.54, 1.807) is 0 Å². The zero-order valence-corrected chi connectivity index (χ0v) is 8.02. The van der Waals surface area contributed by atoms with E-state index >= 15 is 0 Å². The second kappa shape index (κ2) is 3.95. The lowest BCUT2D eigenvalue weighted by Gasteiger charge is -2.21. The van der Waals surface area contributed by atoms with E-state index in [0.29, 0.717) is 5.92 Å². The van der Waals surface area contributed by atoms with Crippen molar-refractivity contribution in [1.82, 2.24) is 4.90 Å². The molecule has 0 radical (unpaired) electrons. The van der Waals surface area contributed by atoms with Gasteiger partial charge in [0.15, 0.2) is 0 Å². The first-order valence-electron chi connectivity index (χ1n) is 5.34. The lowest BCUT2D eigenvalue weighted by molar-refractivity contribution is 0.102. The summed E-state index contributed by atoms with van der Waals surface area (Å²) in [5.41, 5.74) is 0. The van der Waals surface area contributed by atoms with Crippen molar-refractivity contribution in [3.8, 4) is 0 Å². The second-order valence-electron chi connectivity index (χ2n) is 4.46. The van der Waals surface area contributed by atoms with Crippen molar-refractivity contribution in [2.24, 2.45) is 5.92 Å². The number of aliphatic hydroxyl groups is 2. The van der Waals surface area contributed by atoms with Gasteiger partial charge in [0.05, 0.1) is 12.2 Å². The van der Waals surface area contributed by atoms with Crippen LogP contribution in [0.15, 0.2) is 0 Å². The normalized spacial score (nSPS) is 41.5. The molecule has 1 aliphatic carbocycles. The third-order valence-corrected chi connectivity index (χ3v) is 3.36. The molecule has 3 unspecified atom stereocenters. The van der Waals surface area contributed by atoms with Gasteiger partial charge < -0.3 is 15.1 Å². The summed E-state index contributed by atoms with van der Waals surface area (Å²) in [4.78, 5) is 2.28. The lowest BCUT2D eigenvalue weighted by Crippen LogP contribution is -2.31.